The van der Waals surface area contributed by atoms with Crippen molar-refractivity contribution in [2.45, 2.75) is 53.0 Å². The Kier molecular flexibility index (Phi) is 4.53. The minimum atomic E-state index is 0.360. The number of aromatic nitrogens is 2. The van der Waals surface area contributed by atoms with Gasteiger partial charge in [-0.1, -0.05) is 6.92 Å². The van der Waals surface area contributed by atoms with Gasteiger partial charge in [-0.2, -0.15) is 5.10 Å². The van der Waals surface area contributed by atoms with Gasteiger partial charge in [0.05, 0.1) is 5.69 Å². The number of aryl methyl sites for hydroxylation is 3. The Morgan fingerprint density at radius 1 is 1.40 bits per heavy atom. The van der Waals surface area contributed by atoms with Gasteiger partial charge in [0.1, 0.15) is 5.78 Å². The van der Waals surface area contributed by atoms with Crippen molar-refractivity contribution in [2.75, 3.05) is 0 Å². The van der Waals surface area contributed by atoms with Gasteiger partial charge in [0.25, 0.3) is 0 Å². The first-order valence-electron chi connectivity index (χ1n) is 5.72. The summed E-state index contributed by atoms with van der Waals surface area (Å²) >= 11 is 0. The zero-order valence-electron chi connectivity index (χ0n) is 9.92. The minimum absolute atomic E-state index is 0.360. The number of hydrogen-bond acceptors (Lipinski definition) is 2. The molecule has 0 radical (unpaired) electrons. The van der Waals surface area contributed by atoms with E-state index >= 15 is 0 Å². The topological polar surface area (TPSA) is 34.9 Å². The molecular formula is C12H20N2O. The zero-order valence-corrected chi connectivity index (χ0v) is 9.92. The van der Waals surface area contributed by atoms with E-state index in [1.165, 1.54) is 5.69 Å². The molecule has 3 nitrogen and oxygen atoms in total. The predicted octanol–water partition coefficient (Wildman–Crippen LogP) is 2.51. The van der Waals surface area contributed by atoms with Crippen molar-refractivity contribution in [3.63, 3.8) is 0 Å². The van der Waals surface area contributed by atoms with E-state index < -0.39 is 0 Å². The van der Waals surface area contributed by atoms with Crippen LogP contribution in [0.2, 0.25) is 0 Å². The Labute approximate surface area is 91.5 Å². The van der Waals surface area contributed by atoms with Crippen molar-refractivity contribution in [1.82, 2.24) is 9.78 Å². The van der Waals surface area contributed by atoms with Gasteiger partial charge >= 0.3 is 0 Å². The quantitative estimate of drug-likeness (QED) is 0.720. The number of rotatable bonds is 6. The Bertz CT molecular complexity index is 328. The molecule has 0 unspecified atom stereocenters. The van der Waals surface area contributed by atoms with Crippen LogP contribution in [0.3, 0.4) is 0 Å². The summed E-state index contributed by atoms with van der Waals surface area (Å²) < 4.78 is 1.98. The third kappa shape index (κ3) is 3.50. The zero-order chi connectivity index (χ0) is 11.3. The molecule has 0 bridgehead atoms. The summed E-state index contributed by atoms with van der Waals surface area (Å²) in [6.07, 6.45) is 3.14. The predicted molar refractivity (Wildman–Crippen MR) is 60.9 cm³/mol. The number of nitrogens with zero attached hydrogens (tertiary/aromatic N) is 2. The van der Waals surface area contributed by atoms with E-state index in [1.807, 2.05) is 18.5 Å². The second-order valence-electron chi connectivity index (χ2n) is 3.88. The van der Waals surface area contributed by atoms with Gasteiger partial charge in [-0.05, 0) is 32.8 Å². The van der Waals surface area contributed by atoms with Gasteiger partial charge in [0.2, 0.25) is 0 Å². The number of hydrogen-bond donors (Lipinski definition) is 0. The summed E-state index contributed by atoms with van der Waals surface area (Å²) in [4.78, 5) is 11.4. The van der Waals surface area contributed by atoms with Gasteiger partial charge in [-0.3, -0.25) is 9.48 Å². The molecule has 3 heteroatoms. The molecule has 1 heterocycles. The molecule has 0 atom stereocenters. The molecule has 0 aliphatic heterocycles. The molecule has 15 heavy (non-hydrogen) atoms. The standard InChI is InChI=1S/C12H20N2O/c1-4-6-12(15)8-7-11-9-10(3)13-14(11)5-2/h9H,4-8H2,1-3H3. The summed E-state index contributed by atoms with van der Waals surface area (Å²) in [5.41, 5.74) is 2.22. The van der Waals surface area contributed by atoms with Crippen LogP contribution in [-0.2, 0) is 17.8 Å². The highest BCUT2D eigenvalue weighted by Crippen LogP contribution is 2.08. The van der Waals surface area contributed by atoms with Gasteiger partial charge in [0, 0.05) is 25.1 Å². The fourth-order valence-electron chi connectivity index (χ4n) is 1.75. The molecule has 0 N–H and O–H groups in total. The van der Waals surface area contributed by atoms with E-state index in [4.69, 9.17) is 0 Å². The monoisotopic (exact) mass is 208 g/mol. The molecule has 0 fully saturated rings. The third-order valence-corrected chi connectivity index (χ3v) is 2.47. The number of ketones is 1. The fourth-order valence-corrected chi connectivity index (χ4v) is 1.75. The Balaban J connectivity index is 2.52. The average Bonchev–Trinajstić information content (AvgIpc) is 2.56. The molecule has 1 aromatic heterocycles. The molecule has 0 saturated heterocycles. The van der Waals surface area contributed by atoms with Crippen LogP contribution in [-0.4, -0.2) is 15.6 Å². The highest BCUT2D eigenvalue weighted by atomic mass is 16.1. The van der Waals surface area contributed by atoms with Gasteiger partial charge in [-0.25, -0.2) is 0 Å². The lowest BCUT2D eigenvalue weighted by atomic mass is 10.1. The highest BCUT2D eigenvalue weighted by Gasteiger charge is 2.06. The summed E-state index contributed by atoms with van der Waals surface area (Å²) in [6.45, 7) is 6.98. The maximum Gasteiger partial charge on any atom is 0.133 e. The second-order valence-corrected chi connectivity index (χ2v) is 3.88. The highest BCUT2D eigenvalue weighted by molar-refractivity contribution is 5.78. The van der Waals surface area contributed by atoms with Crippen LogP contribution in [0.1, 0.15) is 44.5 Å². The maximum atomic E-state index is 11.4. The second kappa shape index (κ2) is 5.69. The van der Waals surface area contributed by atoms with E-state index in [0.717, 1.165) is 25.1 Å². The molecule has 1 aromatic rings. The van der Waals surface area contributed by atoms with Crippen LogP contribution in [0.4, 0.5) is 0 Å². The molecule has 0 saturated carbocycles. The molecule has 0 amide bonds. The summed E-state index contributed by atoms with van der Waals surface area (Å²) in [5, 5.41) is 4.36. The SMILES string of the molecule is CCCC(=O)CCc1cc(C)nn1CC. The van der Waals surface area contributed by atoms with Crippen LogP contribution in [0, 0.1) is 6.92 Å². The van der Waals surface area contributed by atoms with Crippen LogP contribution < -0.4 is 0 Å². The van der Waals surface area contributed by atoms with Crippen molar-refractivity contribution in [1.29, 1.82) is 0 Å². The van der Waals surface area contributed by atoms with Crippen LogP contribution in [0.25, 0.3) is 0 Å². The van der Waals surface area contributed by atoms with E-state index in [0.29, 0.717) is 18.6 Å². The van der Waals surface area contributed by atoms with Crippen LogP contribution in [0.15, 0.2) is 6.07 Å². The minimum Gasteiger partial charge on any atom is -0.300 e. The Morgan fingerprint density at radius 3 is 2.73 bits per heavy atom. The first kappa shape index (κ1) is 12.0. The van der Waals surface area contributed by atoms with Crippen molar-refractivity contribution < 1.29 is 4.79 Å². The lowest BCUT2D eigenvalue weighted by molar-refractivity contribution is -0.119. The molecule has 0 aromatic carbocycles. The molecule has 0 spiro atoms. The van der Waals surface area contributed by atoms with Gasteiger partial charge in [0.15, 0.2) is 0 Å². The number of carbonyl (C=O) groups is 1. The molecule has 84 valence electrons. The largest absolute Gasteiger partial charge is 0.300 e. The van der Waals surface area contributed by atoms with Crippen molar-refractivity contribution in [2.24, 2.45) is 0 Å². The normalized spacial score (nSPS) is 10.6. The summed E-state index contributed by atoms with van der Waals surface area (Å²) in [7, 11) is 0. The van der Waals surface area contributed by atoms with E-state index in [9.17, 15) is 4.79 Å². The van der Waals surface area contributed by atoms with Gasteiger partial charge in [-0.15, -0.1) is 0 Å². The number of carbonyl (C=O) groups excluding carboxylic acids is 1. The van der Waals surface area contributed by atoms with Crippen LogP contribution >= 0.6 is 0 Å². The van der Waals surface area contributed by atoms with Crippen LogP contribution in [0.5, 0.6) is 0 Å². The lowest BCUT2D eigenvalue weighted by Gasteiger charge is -2.03. The summed E-state index contributed by atoms with van der Waals surface area (Å²) in [6, 6.07) is 2.07. The Hall–Kier alpha value is -1.12. The molecule has 1 rings (SSSR count). The van der Waals surface area contributed by atoms with E-state index in [2.05, 4.69) is 18.1 Å². The summed E-state index contributed by atoms with van der Waals surface area (Å²) in [5.74, 6) is 0.360. The van der Waals surface area contributed by atoms with E-state index in [1.54, 1.807) is 0 Å². The number of Topliss-reactive ketones (excluding diaryl/α,β-unsaturated/α-hetero) is 1. The van der Waals surface area contributed by atoms with Crippen molar-refractivity contribution in [3.8, 4) is 0 Å². The van der Waals surface area contributed by atoms with E-state index in [-0.39, 0.29) is 0 Å². The fraction of sp³-hybridized carbons (Fsp3) is 0.667. The third-order valence-electron chi connectivity index (χ3n) is 2.47. The first-order valence-corrected chi connectivity index (χ1v) is 5.72. The van der Waals surface area contributed by atoms with Crippen molar-refractivity contribution in [3.05, 3.63) is 17.5 Å². The molecular weight excluding hydrogens is 188 g/mol. The first-order chi connectivity index (χ1) is 7.17. The lowest BCUT2D eigenvalue weighted by Crippen LogP contribution is -2.06. The molecule has 0 aliphatic rings. The average molecular weight is 208 g/mol. The van der Waals surface area contributed by atoms with Gasteiger partial charge < -0.3 is 0 Å². The Morgan fingerprint density at radius 2 is 2.13 bits per heavy atom. The smallest absolute Gasteiger partial charge is 0.133 e. The van der Waals surface area contributed by atoms with Crippen molar-refractivity contribution >= 4 is 5.78 Å². The molecule has 0 aliphatic carbocycles. The maximum absolute atomic E-state index is 11.4.